The number of carbonyl (C=O) groups is 1. The Morgan fingerprint density at radius 3 is 2.27 bits per heavy atom. The predicted molar refractivity (Wildman–Crippen MR) is 138 cm³/mol. The molecule has 0 unspecified atom stereocenters. The molecule has 2 fully saturated rings. The van der Waals surface area contributed by atoms with Crippen LogP contribution in [0.2, 0.25) is 0 Å². The topological polar surface area (TPSA) is 172 Å². The first-order valence-electron chi connectivity index (χ1n) is 13.1. The van der Waals surface area contributed by atoms with Gasteiger partial charge in [-0.05, 0) is 41.8 Å². The lowest BCUT2D eigenvalue weighted by atomic mass is 9.82. The number of hydrogen-bond acceptors (Lipinski definition) is 13. The molecule has 224 valence electrons. The third-order valence-electron chi connectivity index (χ3n) is 7.63. The van der Waals surface area contributed by atoms with Gasteiger partial charge in [0.2, 0.25) is 12.5 Å². The molecular weight excluding hydrogens is 544 g/mol. The molecule has 13 nitrogen and oxygen atoms in total. The molecule has 2 aromatic rings. The van der Waals surface area contributed by atoms with Crippen LogP contribution < -0.4 is 23.7 Å². The molecule has 41 heavy (non-hydrogen) atoms. The second kappa shape index (κ2) is 12.3. The quantitative estimate of drug-likeness (QED) is 0.285. The Labute approximate surface area is 236 Å². The number of methoxy groups -OCH3 is 3. The number of carbonyl (C=O) groups excluding carboxylic acids is 1. The maximum Gasteiger partial charge on any atom is 0.312 e. The summed E-state index contributed by atoms with van der Waals surface area (Å²) < 4.78 is 44.8. The molecule has 0 amide bonds. The van der Waals surface area contributed by atoms with Gasteiger partial charge in [0.15, 0.2) is 29.3 Å². The van der Waals surface area contributed by atoms with E-state index in [2.05, 4.69) is 0 Å². The van der Waals surface area contributed by atoms with Gasteiger partial charge in [-0.1, -0.05) is 6.07 Å². The fourth-order valence-electron chi connectivity index (χ4n) is 5.47. The Bertz CT molecular complexity index is 1210. The molecule has 0 spiro atoms. The van der Waals surface area contributed by atoms with E-state index in [-0.39, 0.29) is 13.4 Å². The molecule has 0 aliphatic carbocycles. The second-order valence-corrected chi connectivity index (χ2v) is 10.0. The second-order valence-electron chi connectivity index (χ2n) is 10.0. The van der Waals surface area contributed by atoms with Crippen molar-refractivity contribution in [1.29, 1.82) is 0 Å². The first kappa shape index (κ1) is 29.2. The largest absolute Gasteiger partial charge is 0.493 e. The number of rotatable bonds is 10. The van der Waals surface area contributed by atoms with Crippen LogP contribution >= 0.6 is 0 Å². The fourth-order valence-corrected chi connectivity index (χ4v) is 5.47. The monoisotopic (exact) mass is 578 g/mol. The molecule has 8 atom stereocenters. The lowest BCUT2D eigenvalue weighted by Gasteiger charge is -2.41. The van der Waals surface area contributed by atoms with E-state index in [0.717, 1.165) is 5.56 Å². The van der Waals surface area contributed by atoms with Crippen molar-refractivity contribution >= 4 is 5.97 Å². The highest BCUT2D eigenvalue weighted by Gasteiger charge is 2.49. The van der Waals surface area contributed by atoms with Gasteiger partial charge < -0.3 is 58.3 Å². The molecule has 0 bridgehead atoms. The average Bonchev–Trinajstić information content (AvgIpc) is 3.60. The van der Waals surface area contributed by atoms with Crippen LogP contribution in [0.1, 0.15) is 17.2 Å². The van der Waals surface area contributed by atoms with Crippen molar-refractivity contribution in [3.8, 4) is 28.7 Å². The summed E-state index contributed by atoms with van der Waals surface area (Å²) in [6.45, 7) is -0.419. The lowest BCUT2D eigenvalue weighted by molar-refractivity contribution is -0.316. The Hall–Kier alpha value is -3.33. The summed E-state index contributed by atoms with van der Waals surface area (Å²) in [6, 6.07) is 8.74. The van der Waals surface area contributed by atoms with Gasteiger partial charge in [-0.25, -0.2) is 0 Å². The summed E-state index contributed by atoms with van der Waals surface area (Å²) in [5, 5.41) is 41.1. The molecule has 3 heterocycles. The van der Waals surface area contributed by atoms with Gasteiger partial charge in [0.05, 0.1) is 46.6 Å². The third-order valence-corrected chi connectivity index (χ3v) is 7.63. The number of aliphatic hydroxyl groups excluding tert-OH is 4. The van der Waals surface area contributed by atoms with E-state index in [1.54, 1.807) is 18.2 Å². The summed E-state index contributed by atoms with van der Waals surface area (Å²) in [5.41, 5.74) is 1.29. The summed E-state index contributed by atoms with van der Waals surface area (Å²) in [6.07, 6.45) is -8.38. The van der Waals surface area contributed by atoms with Gasteiger partial charge in [-0.15, -0.1) is 0 Å². The van der Waals surface area contributed by atoms with E-state index >= 15 is 0 Å². The molecule has 0 saturated carbocycles. The van der Waals surface area contributed by atoms with E-state index < -0.39 is 61.2 Å². The minimum Gasteiger partial charge on any atom is -0.493 e. The predicted octanol–water partition coefficient (Wildman–Crippen LogP) is 0.331. The molecule has 0 radical (unpaired) electrons. The van der Waals surface area contributed by atoms with Crippen molar-refractivity contribution in [2.24, 2.45) is 11.8 Å². The smallest absolute Gasteiger partial charge is 0.312 e. The first-order valence-corrected chi connectivity index (χ1v) is 13.1. The third kappa shape index (κ3) is 5.61. The molecule has 13 heteroatoms. The molecule has 2 saturated heterocycles. The van der Waals surface area contributed by atoms with Crippen LogP contribution in [0.15, 0.2) is 30.3 Å². The number of cyclic esters (lactones) is 1. The van der Waals surface area contributed by atoms with E-state index in [1.807, 2.05) is 12.1 Å². The molecule has 3 aliphatic rings. The van der Waals surface area contributed by atoms with Crippen LogP contribution in [-0.4, -0.2) is 98.4 Å². The van der Waals surface area contributed by atoms with E-state index in [9.17, 15) is 25.2 Å². The van der Waals surface area contributed by atoms with Gasteiger partial charge in [0, 0.05) is 5.92 Å². The maximum absolute atomic E-state index is 13.3. The van der Waals surface area contributed by atoms with Crippen molar-refractivity contribution in [2.45, 2.75) is 43.2 Å². The summed E-state index contributed by atoms with van der Waals surface area (Å²) in [7, 11) is 4.35. The minimum atomic E-state index is -1.69. The number of benzene rings is 2. The first-order chi connectivity index (χ1) is 19.8. The molecule has 4 N–H and O–H groups in total. The van der Waals surface area contributed by atoms with Crippen LogP contribution in [-0.2, 0) is 25.4 Å². The molecule has 2 aromatic carbocycles. The van der Waals surface area contributed by atoms with Crippen molar-refractivity contribution < 1.29 is 63.1 Å². The van der Waals surface area contributed by atoms with Gasteiger partial charge >= 0.3 is 5.97 Å². The number of aliphatic hydroxyl groups is 4. The summed E-state index contributed by atoms with van der Waals surface area (Å²) in [4.78, 5) is 13.3. The Balaban J connectivity index is 1.53. The van der Waals surface area contributed by atoms with Crippen LogP contribution in [0.3, 0.4) is 0 Å². The lowest BCUT2D eigenvalue weighted by Crippen LogP contribution is -2.59. The Morgan fingerprint density at radius 2 is 1.61 bits per heavy atom. The van der Waals surface area contributed by atoms with Gasteiger partial charge in [-0.3, -0.25) is 4.79 Å². The normalized spacial score (nSPS) is 29.6. The van der Waals surface area contributed by atoms with Gasteiger partial charge in [-0.2, -0.15) is 0 Å². The Kier molecular flexibility index (Phi) is 8.73. The van der Waals surface area contributed by atoms with E-state index in [0.29, 0.717) is 40.7 Å². The van der Waals surface area contributed by atoms with Crippen LogP contribution in [0.25, 0.3) is 0 Å². The highest BCUT2D eigenvalue weighted by Crippen LogP contribution is 2.46. The number of fused-ring (bicyclic) bond motifs is 1. The highest BCUT2D eigenvalue weighted by atomic mass is 16.7. The fraction of sp³-hybridized carbons (Fsp3) is 0.536. The number of esters is 1. The molecule has 5 rings (SSSR count). The molecular formula is C28H34O13. The zero-order chi connectivity index (χ0) is 29.3. The molecule has 0 aromatic heterocycles. The van der Waals surface area contributed by atoms with E-state index in [4.69, 9.17) is 37.9 Å². The summed E-state index contributed by atoms with van der Waals surface area (Å²) in [5.74, 6) is 0.294. The number of hydrogen-bond donors (Lipinski definition) is 4. The minimum absolute atomic E-state index is 0.0942. The Morgan fingerprint density at radius 1 is 0.902 bits per heavy atom. The zero-order valence-electron chi connectivity index (χ0n) is 22.8. The molecule has 3 aliphatic heterocycles. The van der Waals surface area contributed by atoms with Crippen molar-refractivity contribution in [3.63, 3.8) is 0 Å². The SMILES string of the molecule is COc1cc([C@H](O[C@@H]2O[C@H](CO)[C@H](O)[C@@H](O)[C@H]2O)[C@@H]2C(=O)OC[C@@H]2Cc2ccc3c(c2)OCO3)cc(OC)c1OC. The average molecular weight is 579 g/mol. The highest BCUT2D eigenvalue weighted by molar-refractivity contribution is 5.76. The van der Waals surface area contributed by atoms with Crippen LogP contribution in [0, 0.1) is 11.8 Å². The van der Waals surface area contributed by atoms with Crippen LogP contribution in [0.5, 0.6) is 28.7 Å². The van der Waals surface area contributed by atoms with Gasteiger partial charge in [0.1, 0.15) is 24.4 Å². The van der Waals surface area contributed by atoms with Crippen molar-refractivity contribution in [3.05, 3.63) is 41.5 Å². The number of ether oxygens (including phenoxy) is 8. The van der Waals surface area contributed by atoms with Crippen LogP contribution in [0.4, 0.5) is 0 Å². The standard InChI is InChI=1S/C28H34O13/c1-34-18-8-14(9-19(35-2)26(18)36-3)25(41-28-24(32)23(31)22(30)20(10-29)40-28)21-15(11-37-27(21)33)6-13-4-5-16-17(7-13)39-12-38-16/h4-5,7-9,15,20-25,28-32H,6,10-12H2,1-3H3/t15-,20+,21+,22-,23+,24+,25-,28-/m0/s1. The summed E-state index contributed by atoms with van der Waals surface area (Å²) >= 11 is 0. The van der Waals surface area contributed by atoms with E-state index in [1.165, 1.54) is 21.3 Å². The van der Waals surface area contributed by atoms with Crippen molar-refractivity contribution in [2.75, 3.05) is 41.3 Å². The zero-order valence-corrected chi connectivity index (χ0v) is 22.8. The van der Waals surface area contributed by atoms with Gasteiger partial charge in [0.25, 0.3) is 0 Å². The van der Waals surface area contributed by atoms with Crippen molar-refractivity contribution in [1.82, 2.24) is 0 Å². The maximum atomic E-state index is 13.3.